The average Bonchev–Trinajstić information content (AvgIpc) is 2.54. The van der Waals surface area contributed by atoms with Crippen molar-refractivity contribution in [2.75, 3.05) is 50.5 Å². The lowest BCUT2D eigenvalue weighted by atomic mass is 10.4. The second-order valence-corrected chi connectivity index (χ2v) is 4.16. The molecule has 1 saturated heterocycles. The first-order valence-corrected chi connectivity index (χ1v) is 5.73. The predicted molar refractivity (Wildman–Crippen MR) is 65.9 cm³/mol. The molecule has 2 rings (SSSR count). The largest absolute Gasteiger partial charge is 0.373 e. The molecule has 0 atom stereocenters. The Morgan fingerprint density at radius 2 is 2.06 bits per heavy atom. The van der Waals surface area contributed by atoms with Gasteiger partial charge in [-0.15, -0.1) is 0 Å². The maximum absolute atomic E-state index is 4.33. The number of likely N-dealkylation sites (N-methyl/N-ethyl adjacent to an activating group) is 1. The van der Waals surface area contributed by atoms with Crippen molar-refractivity contribution in [3.63, 3.8) is 0 Å². The fraction of sp³-hybridized carbons (Fsp3) is 0.636. The summed E-state index contributed by atoms with van der Waals surface area (Å²) in [5, 5.41) is 3.04. The first-order valence-electron chi connectivity index (χ1n) is 5.73. The van der Waals surface area contributed by atoms with Crippen LogP contribution in [0.1, 0.15) is 6.42 Å². The molecule has 0 bridgehead atoms. The Morgan fingerprint density at radius 3 is 2.88 bits per heavy atom. The van der Waals surface area contributed by atoms with Gasteiger partial charge < -0.3 is 15.1 Å². The van der Waals surface area contributed by atoms with Gasteiger partial charge in [0.05, 0.1) is 0 Å². The van der Waals surface area contributed by atoms with Crippen molar-refractivity contribution in [1.82, 2.24) is 14.9 Å². The lowest BCUT2D eigenvalue weighted by Gasteiger charge is -2.21. The quantitative estimate of drug-likeness (QED) is 0.795. The minimum atomic E-state index is 0.877. The van der Waals surface area contributed by atoms with Crippen molar-refractivity contribution in [3.05, 3.63) is 12.4 Å². The molecule has 0 unspecified atom stereocenters. The molecule has 0 aromatic carbocycles. The monoisotopic (exact) mass is 221 g/mol. The second-order valence-electron chi connectivity index (χ2n) is 4.16. The van der Waals surface area contributed by atoms with E-state index in [2.05, 4.69) is 32.1 Å². The number of nitrogens with one attached hydrogen (secondary N) is 1. The van der Waals surface area contributed by atoms with E-state index in [1.807, 2.05) is 13.1 Å². The summed E-state index contributed by atoms with van der Waals surface area (Å²) in [6.07, 6.45) is 2.81. The maximum Gasteiger partial charge on any atom is 0.134 e. The van der Waals surface area contributed by atoms with Crippen LogP contribution in [-0.2, 0) is 0 Å². The highest BCUT2D eigenvalue weighted by Gasteiger charge is 2.13. The van der Waals surface area contributed by atoms with Gasteiger partial charge in [-0.25, -0.2) is 9.97 Å². The normalized spacial score (nSPS) is 18.2. The zero-order chi connectivity index (χ0) is 11.4. The number of nitrogens with zero attached hydrogens (tertiary/aromatic N) is 4. The van der Waals surface area contributed by atoms with Gasteiger partial charge >= 0.3 is 0 Å². The Hall–Kier alpha value is -1.36. The lowest BCUT2D eigenvalue weighted by molar-refractivity contribution is 0.360. The van der Waals surface area contributed by atoms with Crippen LogP contribution in [0.5, 0.6) is 0 Å². The van der Waals surface area contributed by atoms with Crippen LogP contribution in [0.2, 0.25) is 0 Å². The highest BCUT2D eigenvalue weighted by molar-refractivity contribution is 5.48. The van der Waals surface area contributed by atoms with Crippen molar-refractivity contribution in [2.45, 2.75) is 6.42 Å². The fourth-order valence-electron chi connectivity index (χ4n) is 1.93. The Labute approximate surface area is 96.5 Å². The smallest absolute Gasteiger partial charge is 0.134 e. The molecule has 0 saturated carbocycles. The summed E-state index contributed by atoms with van der Waals surface area (Å²) in [4.78, 5) is 13.2. The number of aromatic nitrogens is 2. The summed E-state index contributed by atoms with van der Waals surface area (Å²) in [7, 11) is 4.05. The van der Waals surface area contributed by atoms with E-state index in [9.17, 15) is 0 Å². The van der Waals surface area contributed by atoms with Crippen LogP contribution >= 0.6 is 0 Å². The van der Waals surface area contributed by atoms with Crippen molar-refractivity contribution >= 4 is 11.6 Å². The summed E-state index contributed by atoms with van der Waals surface area (Å²) in [6.45, 7) is 4.38. The molecule has 1 aliphatic rings. The molecule has 1 aromatic rings. The third-order valence-corrected chi connectivity index (χ3v) is 2.95. The molecule has 2 heterocycles. The maximum atomic E-state index is 4.33. The standard InChI is InChI=1S/C11H19N5/c1-12-10-8-11(14-9-13-10)16-5-3-4-15(2)6-7-16/h8-9H,3-7H2,1-2H3,(H,12,13,14). The van der Waals surface area contributed by atoms with Crippen molar-refractivity contribution in [2.24, 2.45) is 0 Å². The third-order valence-electron chi connectivity index (χ3n) is 2.95. The molecule has 1 aliphatic heterocycles. The van der Waals surface area contributed by atoms with Gasteiger partial charge in [-0.05, 0) is 20.0 Å². The number of hydrogen-bond donors (Lipinski definition) is 1. The van der Waals surface area contributed by atoms with Crippen molar-refractivity contribution < 1.29 is 0 Å². The molecule has 0 spiro atoms. The van der Waals surface area contributed by atoms with E-state index in [4.69, 9.17) is 0 Å². The zero-order valence-electron chi connectivity index (χ0n) is 9.98. The molecule has 1 fully saturated rings. The van der Waals surface area contributed by atoms with E-state index in [0.29, 0.717) is 0 Å². The van der Waals surface area contributed by atoms with E-state index < -0.39 is 0 Å². The molecular weight excluding hydrogens is 202 g/mol. The van der Waals surface area contributed by atoms with Gasteiger partial charge in [-0.1, -0.05) is 0 Å². The average molecular weight is 221 g/mol. The summed E-state index contributed by atoms with van der Waals surface area (Å²) >= 11 is 0. The highest BCUT2D eigenvalue weighted by Crippen LogP contribution is 2.15. The molecule has 1 N–H and O–H groups in total. The molecule has 16 heavy (non-hydrogen) atoms. The molecule has 5 heteroatoms. The van der Waals surface area contributed by atoms with Crippen LogP contribution in [0.4, 0.5) is 11.6 Å². The van der Waals surface area contributed by atoms with Crippen LogP contribution in [0, 0.1) is 0 Å². The van der Waals surface area contributed by atoms with E-state index in [1.54, 1.807) is 6.33 Å². The third kappa shape index (κ3) is 2.61. The van der Waals surface area contributed by atoms with Gasteiger partial charge in [0.1, 0.15) is 18.0 Å². The SMILES string of the molecule is CNc1cc(N2CCCN(C)CC2)ncn1. The molecule has 0 amide bonds. The van der Waals surface area contributed by atoms with Crippen molar-refractivity contribution in [1.29, 1.82) is 0 Å². The van der Waals surface area contributed by atoms with Crippen LogP contribution in [0.3, 0.4) is 0 Å². The molecule has 0 radical (unpaired) electrons. The topological polar surface area (TPSA) is 44.3 Å². The number of rotatable bonds is 2. The number of hydrogen-bond acceptors (Lipinski definition) is 5. The summed E-state index contributed by atoms with van der Waals surface area (Å²) in [5.41, 5.74) is 0. The predicted octanol–water partition coefficient (Wildman–Crippen LogP) is 0.660. The fourth-order valence-corrected chi connectivity index (χ4v) is 1.93. The molecular formula is C11H19N5. The summed E-state index contributed by atoms with van der Waals surface area (Å²) < 4.78 is 0. The van der Waals surface area contributed by atoms with Gasteiger partial charge in [0.25, 0.3) is 0 Å². The Balaban J connectivity index is 2.10. The van der Waals surface area contributed by atoms with E-state index in [0.717, 1.165) is 31.3 Å². The van der Waals surface area contributed by atoms with Gasteiger partial charge in [0.15, 0.2) is 0 Å². The van der Waals surface area contributed by atoms with Crippen LogP contribution in [0.15, 0.2) is 12.4 Å². The van der Waals surface area contributed by atoms with E-state index in [1.165, 1.54) is 13.0 Å². The van der Waals surface area contributed by atoms with Crippen molar-refractivity contribution in [3.8, 4) is 0 Å². The van der Waals surface area contributed by atoms with Gasteiger partial charge in [-0.2, -0.15) is 0 Å². The van der Waals surface area contributed by atoms with Crippen LogP contribution < -0.4 is 10.2 Å². The first-order chi connectivity index (χ1) is 7.79. The lowest BCUT2D eigenvalue weighted by Crippen LogP contribution is -2.29. The minimum absolute atomic E-state index is 0.877. The van der Waals surface area contributed by atoms with E-state index >= 15 is 0 Å². The van der Waals surface area contributed by atoms with Gasteiger partial charge in [0.2, 0.25) is 0 Å². The Bertz CT molecular complexity index is 341. The van der Waals surface area contributed by atoms with Crippen LogP contribution in [0.25, 0.3) is 0 Å². The molecule has 0 aliphatic carbocycles. The summed E-state index contributed by atoms with van der Waals surface area (Å²) in [6, 6.07) is 2.01. The summed E-state index contributed by atoms with van der Waals surface area (Å²) in [5.74, 6) is 1.90. The Kier molecular flexibility index (Phi) is 3.56. The molecule has 88 valence electrons. The van der Waals surface area contributed by atoms with Gasteiger partial charge in [-0.3, -0.25) is 0 Å². The first kappa shape index (κ1) is 11.1. The zero-order valence-corrected chi connectivity index (χ0v) is 9.98. The second kappa shape index (κ2) is 5.12. The molecule has 5 nitrogen and oxygen atoms in total. The van der Waals surface area contributed by atoms with Crippen LogP contribution in [-0.4, -0.2) is 55.1 Å². The number of anilines is 2. The highest BCUT2D eigenvalue weighted by atomic mass is 15.2. The Morgan fingerprint density at radius 1 is 1.19 bits per heavy atom. The van der Waals surface area contributed by atoms with Gasteiger partial charge in [0, 0.05) is 32.7 Å². The van der Waals surface area contributed by atoms with E-state index in [-0.39, 0.29) is 0 Å². The minimum Gasteiger partial charge on any atom is -0.373 e. The molecule has 1 aromatic heterocycles.